The molecule has 1 aromatic heterocycles. The van der Waals surface area contributed by atoms with E-state index in [1.165, 1.54) is 12.1 Å². The molecule has 18 heavy (non-hydrogen) atoms. The lowest BCUT2D eigenvalue weighted by Crippen LogP contribution is -2.33. The van der Waals surface area contributed by atoms with Gasteiger partial charge in [0.2, 0.25) is 0 Å². The van der Waals surface area contributed by atoms with E-state index in [9.17, 15) is 4.39 Å². The first-order valence-corrected chi connectivity index (χ1v) is 7.40. The summed E-state index contributed by atoms with van der Waals surface area (Å²) < 4.78 is 13.0. The molecule has 96 valence electrons. The van der Waals surface area contributed by atoms with E-state index in [2.05, 4.69) is 4.98 Å². The average Bonchev–Trinajstić information content (AvgIpc) is 2.90. The highest BCUT2D eigenvalue weighted by atomic mass is 35.5. The van der Waals surface area contributed by atoms with Crippen molar-refractivity contribution in [3.8, 4) is 0 Å². The Kier molecular flexibility index (Phi) is 4.60. The summed E-state index contributed by atoms with van der Waals surface area (Å²) in [5, 5.41) is 0. The third-order valence-electron chi connectivity index (χ3n) is 2.96. The third kappa shape index (κ3) is 2.85. The summed E-state index contributed by atoms with van der Waals surface area (Å²) in [6, 6.07) is 6.38. The molecule has 0 saturated carbocycles. The minimum absolute atomic E-state index is 0.255. The van der Waals surface area contributed by atoms with Crippen molar-refractivity contribution in [3.05, 3.63) is 52.2 Å². The van der Waals surface area contributed by atoms with Crippen molar-refractivity contribution in [2.45, 2.75) is 11.8 Å². The minimum atomic E-state index is -0.372. The first kappa shape index (κ1) is 13.8. The highest BCUT2D eigenvalue weighted by Crippen LogP contribution is 2.32. The summed E-state index contributed by atoms with van der Waals surface area (Å²) in [6.07, 6.45) is 2.54. The standard InChI is InChI=1S/C13H12Cl2FNS/c14-7-13(8-15,5-12-6-17-9-18-12)10-1-3-11(16)4-2-10/h1-4,6,9H,5,7-8H2. The molecule has 0 aliphatic rings. The van der Waals surface area contributed by atoms with Crippen molar-refractivity contribution in [1.29, 1.82) is 0 Å². The first-order chi connectivity index (χ1) is 8.70. The van der Waals surface area contributed by atoms with E-state index in [4.69, 9.17) is 23.2 Å². The van der Waals surface area contributed by atoms with Gasteiger partial charge in [-0.3, -0.25) is 4.98 Å². The molecular formula is C13H12Cl2FNS. The molecule has 0 radical (unpaired) electrons. The number of hydrogen-bond acceptors (Lipinski definition) is 2. The van der Waals surface area contributed by atoms with Crippen molar-refractivity contribution >= 4 is 34.5 Å². The molecule has 2 aromatic rings. The van der Waals surface area contributed by atoms with E-state index >= 15 is 0 Å². The van der Waals surface area contributed by atoms with Crippen LogP contribution in [-0.4, -0.2) is 16.7 Å². The number of alkyl halides is 2. The molecule has 0 N–H and O–H groups in total. The summed E-state index contributed by atoms with van der Waals surface area (Å²) in [5.74, 6) is 0.523. The summed E-state index contributed by atoms with van der Waals surface area (Å²) in [5.41, 5.74) is 2.37. The van der Waals surface area contributed by atoms with Crippen LogP contribution in [0.25, 0.3) is 0 Å². The molecule has 0 bridgehead atoms. The predicted octanol–water partition coefficient (Wildman–Crippen LogP) is 4.24. The van der Waals surface area contributed by atoms with E-state index in [1.807, 2.05) is 6.20 Å². The van der Waals surface area contributed by atoms with Gasteiger partial charge in [-0.15, -0.1) is 34.5 Å². The van der Waals surface area contributed by atoms with Gasteiger partial charge in [0.25, 0.3) is 0 Å². The summed E-state index contributed by atoms with van der Waals surface area (Å²) in [7, 11) is 0. The molecule has 1 aromatic carbocycles. The fraction of sp³-hybridized carbons (Fsp3) is 0.308. The van der Waals surface area contributed by atoms with Crippen molar-refractivity contribution in [2.24, 2.45) is 0 Å². The van der Waals surface area contributed by atoms with Crippen LogP contribution in [0, 0.1) is 5.82 Å². The third-order valence-corrected chi connectivity index (χ3v) is 4.77. The number of aromatic nitrogens is 1. The van der Waals surface area contributed by atoms with Crippen LogP contribution in [-0.2, 0) is 11.8 Å². The van der Waals surface area contributed by atoms with E-state index in [0.717, 1.165) is 16.9 Å². The molecule has 5 heteroatoms. The number of benzene rings is 1. The zero-order valence-electron chi connectivity index (χ0n) is 9.57. The summed E-state index contributed by atoms with van der Waals surface area (Å²) in [6.45, 7) is 0. The van der Waals surface area contributed by atoms with E-state index < -0.39 is 0 Å². The smallest absolute Gasteiger partial charge is 0.123 e. The quantitative estimate of drug-likeness (QED) is 0.753. The normalized spacial score (nSPS) is 11.7. The van der Waals surface area contributed by atoms with Gasteiger partial charge in [0.1, 0.15) is 5.82 Å². The highest BCUT2D eigenvalue weighted by molar-refractivity contribution is 7.09. The second-order valence-corrected chi connectivity index (χ2v) is 5.70. The maximum absolute atomic E-state index is 13.0. The molecule has 0 amide bonds. The largest absolute Gasteiger partial charge is 0.253 e. The summed E-state index contributed by atoms with van der Waals surface area (Å²) >= 11 is 13.8. The lowest BCUT2D eigenvalue weighted by molar-refractivity contribution is 0.537. The Balaban J connectivity index is 2.33. The maximum Gasteiger partial charge on any atom is 0.123 e. The van der Waals surface area contributed by atoms with Gasteiger partial charge in [0.05, 0.1) is 5.51 Å². The molecular weight excluding hydrogens is 292 g/mol. The van der Waals surface area contributed by atoms with Crippen molar-refractivity contribution in [3.63, 3.8) is 0 Å². The van der Waals surface area contributed by atoms with Crippen LogP contribution < -0.4 is 0 Å². The van der Waals surface area contributed by atoms with Crippen LogP contribution in [0.15, 0.2) is 36.0 Å². The van der Waals surface area contributed by atoms with E-state index in [-0.39, 0.29) is 11.2 Å². The van der Waals surface area contributed by atoms with E-state index in [1.54, 1.807) is 29.0 Å². The van der Waals surface area contributed by atoms with Crippen LogP contribution in [0.2, 0.25) is 0 Å². The van der Waals surface area contributed by atoms with Gasteiger partial charge in [-0.25, -0.2) is 4.39 Å². The highest BCUT2D eigenvalue weighted by Gasteiger charge is 2.31. The molecule has 0 unspecified atom stereocenters. The zero-order chi connectivity index (χ0) is 13.0. The van der Waals surface area contributed by atoms with Crippen LogP contribution in [0.4, 0.5) is 4.39 Å². The van der Waals surface area contributed by atoms with Gasteiger partial charge in [0.15, 0.2) is 0 Å². The number of thiazole rings is 1. The molecule has 1 heterocycles. The Hall–Kier alpha value is -0.640. The fourth-order valence-corrected chi connectivity index (χ4v) is 3.37. The maximum atomic E-state index is 13.0. The van der Waals surface area contributed by atoms with Crippen LogP contribution in [0.5, 0.6) is 0 Å². The fourth-order valence-electron chi connectivity index (χ4n) is 1.85. The van der Waals surface area contributed by atoms with Crippen LogP contribution >= 0.6 is 34.5 Å². The van der Waals surface area contributed by atoms with Gasteiger partial charge >= 0.3 is 0 Å². The number of hydrogen-bond donors (Lipinski definition) is 0. The van der Waals surface area contributed by atoms with Crippen LogP contribution in [0.3, 0.4) is 0 Å². The van der Waals surface area contributed by atoms with E-state index in [0.29, 0.717) is 11.8 Å². The van der Waals surface area contributed by atoms with Gasteiger partial charge in [-0.05, 0) is 24.1 Å². The Morgan fingerprint density at radius 3 is 2.33 bits per heavy atom. The van der Waals surface area contributed by atoms with Gasteiger partial charge in [-0.1, -0.05) is 12.1 Å². The van der Waals surface area contributed by atoms with Crippen LogP contribution in [0.1, 0.15) is 10.4 Å². The molecule has 0 aliphatic heterocycles. The Bertz CT molecular complexity index is 480. The second-order valence-electron chi connectivity index (χ2n) is 4.20. The SMILES string of the molecule is Fc1ccc(C(CCl)(CCl)Cc2cncs2)cc1. The molecule has 0 spiro atoms. The Morgan fingerprint density at radius 1 is 1.17 bits per heavy atom. The predicted molar refractivity (Wildman–Crippen MR) is 75.3 cm³/mol. The number of nitrogens with zero attached hydrogens (tertiary/aromatic N) is 1. The summed E-state index contributed by atoms with van der Waals surface area (Å²) in [4.78, 5) is 5.18. The van der Waals surface area contributed by atoms with Gasteiger partial charge in [-0.2, -0.15) is 0 Å². The zero-order valence-corrected chi connectivity index (χ0v) is 11.9. The Labute approximate surface area is 120 Å². The lowest BCUT2D eigenvalue weighted by atomic mass is 9.81. The molecule has 0 atom stereocenters. The molecule has 0 aliphatic carbocycles. The molecule has 0 saturated heterocycles. The topological polar surface area (TPSA) is 12.9 Å². The van der Waals surface area contributed by atoms with Crippen molar-refractivity contribution in [1.82, 2.24) is 4.98 Å². The monoisotopic (exact) mass is 303 g/mol. The number of halogens is 3. The number of rotatable bonds is 5. The average molecular weight is 304 g/mol. The molecule has 1 nitrogen and oxygen atoms in total. The van der Waals surface area contributed by atoms with Crippen molar-refractivity contribution in [2.75, 3.05) is 11.8 Å². The first-order valence-electron chi connectivity index (χ1n) is 5.45. The van der Waals surface area contributed by atoms with Gasteiger partial charge < -0.3 is 0 Å². The molecule has 0 fully saturated rings. The molecule has 2 rings (SSSR count). The Morgan fingerprint density at radius 2 is 1.83 bits per heavy atom. The second kappa shape index (κ2) is 6.00. The lowest BCUT2D eigenvalue weighted by Gasteiger charge is -2.29. The van der Waals surface area contributed by atoms with Crippen molar-refractivity contribution < 1.29 is 4.39 Å². The van der Waals surface area contributed by atoms with Gasteiger partial charge in [0, 0.05) is 28.2 Å². The minimum Gasteiger partial charge on any atom is -0.253 e.